The first kappa shape index (κ1) is 9.98. The first-order valence-electron chi connectivity index (χ1n) is 4.39. The summed E-state index contributed by atoms with van der Waals surface area (Å²) in [6, 6.07) is 0. The van der Waals surface area contributed by atoms with Crippen LogP contribution in [0.5, 0.6) is 0 Å². The average molecular weight is 186 g/mol. The molecule has 1 rings (SSSR count). The lowest BCUT2D eigenvalue weighted by Crippen LogP contribution is -2.32. The van der Waals surface area contributed by atoms with Crippen molar-refractivity contribution in [2.75, 3.05) is 19.7 Å². The van der Waals surface area contributed by atoms with Gasteiger partial charge in [-0.15, -0.1) is 0 Å². The van der Waals surface area contributed by atoms with Gasteiger partial charge in [-0.2, -0.15) is 0 Å². The van der Waals surface area contributed by atoms with Gasteiger partial charge in [0, 0.05) is 26.1 Å². The van der Waals surface area contributed by atoms with Crippen molar-refractivity contribution in [2.45, 2.75) is 12.8 Å². The topological polar surface area (TPSA) is 78.4 Å². The molecule has 0 aromatic rings. The molecule has 1 saturated heterocycles. The van der Waals surface area contributed by atoms with Crippen LogP contribution >= 0.6 is 0 Å². The van der Waals surface area contributed by atoms with Crippen molar-refractivity contribution in [3.8, 4) is 0 Å². The zero-order valence-electron chi connectivity index (χ0n) is 7.38. The summed E-state index contributed by atoms with van der Waals surface area (Å²) in [5.41, 5.74) is 0. The third-order valence-corrected chi connectivity index (χ3v) is 1.98. The number of rotatable bonds is 4. The van der Waals surface area contributed by atoms with Crippen LogP contribution in [0.25, 0.3) is 0 Å². The van der Waals surface area contributed by atoms with E-state index < -0.39 is 0 Å². The lowest BCUT2D eigenvalue weighted by atomic mass is 10.1. The van der Waals surface area contributed by atoms with Crippen LogP contribution in [0.2, 0.25) is 0 Å². The lowest BCUT2D eigenvalue weighted by molar-refractivity contribution is -0.126. The van der Waals surface area contributed by atoms with Crippen LogP contribution in [0.3, 0.4) is 0 Å². The maximum absolute atomic E-state index is 11.3. The van der Waals surface area contributed by atoms with Crippen molar-refractivity contribution < 1.29 is 14.7 Å². The van der Waals surface area contributed by atoms with Crippen molar-refractivity contribution in [1.82, 2.24) is 10.6 Å². The molecule has 1 aliphatic rings. The molecule has 1 unspecified atom stereocenters. The monoisotopic (exact) mass is 186 g/mol. The number of amides is 2. The van der Waals surface area contributed by atoms with Crippen LogP contribution in [0.15, 0.2) is 0 Å². The van der Waals surface area contributed by atoms with Crippen molar-refractivity contribution >= 4 is 11.8 Å². The first-order valence-corrected chi connectivity index (χ1v) is 4.39. The SMILES string of the molecule is O=C1CC(C(=O)NCCCO)CN1. The summed E-state index contributed by atoms with van der Waals surface area (Å²) in [5.74, 6) is -0.402. The van der Waals surface area contributed by atoms with Crippen LogP contribution in [0, 0.1) is 5.92 Å². The number of hydrogen-bond donors (Lipinski definition) is 3. The molecule has 0 saturated carbocycles. The minimum Gasteiger partial charge on any atom is -0.396 e. The number of hydrogen-bond acceptors (Lipinski definition) is 3. The Bertz CT molecular complexity index is 206. The highest BCUT2D eigenvalue weighted by molar-refractivity contribution is 5.89. The number of aliphatic hydroxyl groups is 1. The van der Waals surface area contributed by atoms with Crippen LogP contribution in [-0.4, -0.2) is 36.6 Å². The predicted octanol–water partition coefficient (Wildman–Crippen LogP) is -1.38. The highest BCUT2D eigenvalue weighted by Gasteiger charge is 2.27. The lowest BCUT2D eigenvalue weighted by Gasteiger charge is -2.07. The van der Waals surface area contributed by atoms with Gasteiger partial charge in [0.1, 0.15) is 0 Å². The van der Waals surface area contributed by atoms with Gasteiger partial charge in [0.05, 0.1) is 5.92 Å². The second-order valence-corrected chi connectivity index (χ2v) is 3.07. The van der Waals surface area contributed by atoms with E-state index in [1.807, 2.05) is 0 Å². The fourth-order valence-corrected chi connectivity index (χ4v) is 1.23. The smallest absolute Gasteiger partial charge is 0.225 e. The fraction of sp³-hybridized carbons (Fsp3) is 0.750. The quantitative estimate of drug-likeness (QED) is 0.473. The fourth-order valence-electron chi connectivity index (χ4n) is 1.23. The molecule has 0 radical (unpaired) electrons. The van der Waals surface area contributed by atoms with E-state index in [0.29, 0.717) is 19.5 Å². The van der Waals surface area contributed by atoms with Crippen LogP contribution in [0.4, 0.5) is 0 Å². The molecular formula is C8H14N2O3. The standard InChI is InChI=1S/C8H14N2O3/c11-3-1-2-9-8(13)6-4-7(12)10-5-6/h6,11H,1-5H2,(H,9,13)(H,10,12). The zero-order valence-corrected chi connectivity index (χ0v) is 7.38. The number of nitrogens with one attached hydrogen (secondary N) is 2. The van der Waals surface area contributed by atoms with Gasteiger partial charge in [-0.05, 0) is 6.42 Å². The molecule has 1 heterocycles. The minimum absolute atomic E-state index is 0.0673. The van der Waals surface area contributed by atoms with Crippen LogP contribution < -0.4 is 10.6 Å². The van der Waals surface area contributed by atoms with Crippen LogP contribution in [-0.2, 0) is 9.59 Å². The first-order chi connectivity index (χ1) is 6.24. The Labute approximate surface area is 76.5 Å². The van der Waals surface area contributed by atoms with Gasteiger partial charge in [-0.1, -0.05) is 0 Å². The largest absolute Gasteiger partial charge is 0.396 e. The van der Waals surface area contributed by atoms with Crippen molar-refractivity contribution in [2.24, 2.45) is 5.92 Å². The third-order valence-electron chi connectivity index (χ3n) is 1.98. The van der Waals surface area contributed by atoms with Crippen molar-refractivity contribution in [1.29, 1.82) is 0 Å². The molecule has 0 bridgehead atoms. The maximum atomic E-state index is 11.3. The average Bonchev–Trinajstić information content (AvgIpc) is 2.52. The zero-order chi connectivity index (χ0) is 9.68. The van der Waals surface area contributed by atoms with E-state index in [-0.39, 0.29) is 30.8 Å². The van der Waals surface area contributed by atoms with Gasteiger partial charge in [0.15, 0.2) is 0 Å². The molecule has 5 nitrogen and oxygen atoms in total. The van der Waals surface area contributed by atoms with Gasteiger partial charge >= 0.3 is 0 Å². The molecule has 1 fully saturated rings. The van der Waals surface area contributed by atoms with Crippen molar-refractivity contribution in [3.05, 3.63) is 0 Å². The molecule has 2 amide bonds. The molecule has 1 aliphatic heterocycles. The Morgan fingerprint density at radius 1 is 1.69 bits per heavy atom. The Kier molecular flexibility index (Phi) is 3.70. The molecular weight excluding hydrogens is 172 g/mol. The van der Waals surface area contributed by atoms with Gasteiger partial charge in [0.25, 0.3) is 0 Å². The van der Waals surface area contributed by atoms with Crippen LogP contribution in [0.1, 0.15) is 12.8 Å². The molecule has 0 aromatic heterocycles. The van der Waals surface area contributed by atoms with E-state index in [2.05, 4.69) is 10.6 Å². The maximum Gasteiger partial charge on any atom is 0.225 e. The Balaban J connectivity index is 2.20. The van der Waals surface area contributed by atoms with Gasteiger partial charge < -0.3 is 15.7 Å². The third kappa shape index (κ3) is 3.02. The molecule has 1 atom stereocenters. The Hall–Kier alpha value is -1.10. The highest BCUT2D eigenvalue weighted by atomic mass is 16.3. The van der Waals surface area contributed by atoms with E-state index >= 15 is 0 Å². The normalized spacial score (nSPS) is 21.3. The van der Waals surface area contributed by atoms with E-state index in [1.165, 1.54) is 0 Å². The highest BCUT2D eigenvalue weighted by Crippen LogP contribution is 2.08. The number of carbonyl (C=O) groups is 2. The predicted molar refractivity (Wildman–Crippen MR) is 45.8 cm³/mol. The molecule has 13 heavy (non-hydrogen) atoms. The Morgan fingerprint density at radius 3 is 3.00 bits per heavy atom. The molecule has 3 N–H and O–H groups in total. The summed E-state index contributed by atoms with van der Waals surface area (Å²) in [6.07, 6.45) is 0.838. The summed E-state index contributed by atoms with van der Waals surface area (Å²) in [5, 5.41) is 13.7. The second kappa shape index (κ2) is 4.81. The van der Waals surface area contributed by atoms with E-state index in [4.69, 9.17) is 5.11 Å². The van der Waals surface area contributed by atoms with Crippen molar-refractivity contribution in [3.63, 3.8) is 0 Å². The van der Waals surface area contributed by atoms with Gasteiger partial charge in [-0.25, -0.2) is 0 Å². The summed E-state index contributed by atoms with van der Waals surface area (Å²) in [4.78, 5) is 22.0. The van der Waals surface area contributed by atoms with Gasteiger partial charge in [-0.3, -0.25) is 9.59 Å². The molecule has 0 aliphatic carbocycles. The molecule has 74 valence electrons. The summed E-state index contributed by atoms with van der Waals surface area (Å²) in [6.45, 7) is 0.978. The van der Waals surface area contributed by atoms with E-state index in [9.17, 15) is 9.59 Å². The summed E-state index contributed by atoms with van der Waals surface area (Å²) >= 11 is 0. The second-order valence-electron chi connectivity index (χ2n) is 3.07. The summed E-state index contributed by atoms with van der Waals surface area (Å²) in [7, 11) is 0. The Morgan fingerprint density at radius 2 is 2.46 bits per heavy atom. The minimum atomic E-state index is -0.230. The molecule has 0 spiro atoms. The van der Waals surface area contributed by atoms with E-state index in [0.717, 1.165) is 0 Å². The van der Waals surface area contributed by atoms with Gasteiger partial charge in [0.2, 0.25) is 11.8 Å². The summed E-state index contributed by atoms with van der Waals surface area (Å²) < 4.78 is 0. The number of aliphatic hydroxyl groups excluding tert-OH is 1. The number of carbonyl (C=O) groups excluding carboxylic acids is 2. The van der Waals surface area contributed by atoms with E-state index in [1.54, 1.807) is 0 Å². The molecule has 5 heteroatoms. The molecule has 0 aromatic carbocycles.